The van der Waals surface area contributed by atoms with Crippen molar-refractivity contribution >= 4 is 10.9 Å². The van der Waals surface area contributed by atoms with Crippen LogP contribution in [0.15, 0.2) is 30.3 Å². The van der Waals surface area contributed by atoms with Crippen LogP contribution in [0.1, 0.15) is 35.1 Å². The SMILES string of the molecule is Cc1cc(C)c(-c2[nH]c3c(F)cccc3c2CCCCN)c(C)c1. The van der Waals surface area contributed by atoms with E-state index in [-0.39, 0.29) is 5.82 Å². The summed E-state index contributed by atoms with van der Waals surface area (Å²) >= 11 is 0. The van der Waals surface area contributed by atoms with Gasteiger partial charge in [-0.05, 0) is 69.3 Å². The van der Waals surface area contributed by atoms with Crippen LogP contribution in [0.2, 0.25) is 0 Å². The average molecular weight is 324 g/mol. The van der Waals surface area contributed by atoms with E-state index >= 15 is 0 Å². The second kappa shape index (κ2) is 6.78. The lowest BCUT2D eigenvalue weighted by molar-refractivity contribution is 0.637. The minimum Gasteiger partial charge on any atom is -0.352 e. The number of hydrogen-bond acceptors (Lipinski definition) is 1. The van der Waals surface area contributed by atoms with E-state index in [0.717, 1.165) is 30.3 Å². The predicted molar refractivity (Wildman–Crippen MR) is 99.9 cm³/mol. The Morgan fingerprint density at radius 2 is 1.75 bits per heavy atom. The number of hydrogen-bond donors (Lipinski definition) is 2. The number of aromatic amines is 1. The Morgan fingerprint density at radius 1 is 1.04 bits per heavy atom. The number of fused-ring (bicyclic) bond motifs is 1. The van der Waals surface area contributed by atoms with Crippen LogP contribution >= 0.6 is 0 Å². The van der Waals surface area contributed by atoms with E-state index in [2.05, 4.69) is 37.9 Å². The van der Waals surface area contributed by atoms with Gasteiger partial charge in [0.1, 0.15) is 5.82 Å². The molecule has 0 spiro atoms. The maximum absolute atomic E-state index is 14.3. The molecule has 0 aliphatic rings. The smallest absolute Gasteiger partial charge is 0.147 e. The summed E-state index contributed by atoms with van der Waals surface area (Å²) in [4.78, 5) is 3.37. The first kappa shape index (κ1) is 16.7. The Bertz CT molecular complexity index is 854. The molecule has 3 aromatic rings. The van der Waals surface area contributed by atoms with Crippen LogP contribution in [0.25, 0.3) is 22.2 Å². The Balaban J connectivity index is 2.23. The molecule has 0 unspecified atom stereocenters. The summed E-state index contributed by atoms with van der Waals surface area (Å²) < 4.78 is 14.3. The summed E-state index contributed by atoms with van der Waals surface area (Å²) in [5.74, 6) is -0.193. The fourth-order valence-electron chi connectivity index (χ4n) is 3.73. The number of H-pyrrole nitrogens is 1. The van der Waals surface area contributed by atoms with Gasteiger partial charge in [0.2, 0.25) is 0 Å². The third-order valence-electron chi connectivity index (χ3n) is 4.70. The highest BCUT2D eigenvalue weighted by Gasteiger charge is 2.18. The first-order chi connectivity index (χ1) is 11.5. The molecule has 0 radical (unpaired) electrons. The Kier molecular flexibility index (Phi) is 4.72. The lowest BCUT2D eigenvalue weighted by atomic mass is 9.93. The molecule has 0 saturated heterocycles. The van der Waals surface area contributed by atoms with Gasteiger partial charge in [-0.1, -0.05) is 29.8 Å². The van der Waals surface area contributed by atoms with Crippen molar-refractivity contribution in [1.29, 1.82) is 0 Å². The number of unbranched alkanes of at least 4 members (excludes halogenated alkanes) is 1. The van der Waals surface area contributed by atoms with Crippen LogP contribution < -0.4 is 5.73 Å². The van der Waals surface area contributed by atoms with E-state index in [1.807, 2.05) is 6.07 Å². The summed E-state index contributed by atoms with van der Waals surface area (Å²) in [6.07, 6.45) is 2.90. The van der Waals surface area contributed by atoms with E-state index in [4.69, 9.17) is 5.73 Å². The van der Waals surface area contributed by atoms with Crippen molar-refractivity contribution in [2.24, 2.45) is 5.73 Å². The maximum atomic E-state index is 14.3. The van der Waals surface area contributed by atoms with Crippen molar-refractivity contribution in [1.82, 2.24) is 4.98 Å². The molecule has 0 fully saturated rings. The molecule has 2 nitrogen and oxygen atoms in total. The average Bonchev–Trinajstić information content (AvgIpc) is 2.87. The van der Waals surface area contributed by atoms with Crippen molar-refractivity contribution in [3.05, 3.63) is 58.4 Å². The molecular formula is C21H25FN2. The molecule has 3 rings (SSSR count). The highest BCUT2D eigenvalue weighted by molar-refractivity contribution is 5.92. The number of nitrogens with one attached hydrogen (secondary N) is 1. The molecule has 3 heteroatoms. The zero-order valence-electron chi connectivity index (χ0n) is 14.7. The lowest BCUT2D eigenvalue weighted by Crippen LogP contribution is -2.00. The van der Waals surface area contributed by atoms with Crippen molar-refractivity contribution in [2.75, 3.05) is 6.54 Å². The highest BCUT2D eigenvalue weighted by Crippen LogP contribution is 2.36. The molecule has 2 aromatic carbocycles. The van der Waals surface area contributed by atoms with Crippen LogP contribution in [0.5, 0.6) is 0 Å². The molecule has 0 bridgehead atoms. The van der Waals surface area contributed by atoms with Gasteiger partial charge in [-0.25, -0.2) is 4.39 Å². The van der Waals surface area contributed by atoms with Crippen molar-refractivity contribution < 1.29 is 4.39 Å². The zero-order valence-corrected chi connectivity index (χ0v) is 14.7. The van der Waals surface area contributed by atoms with E-state index in [9.17, 15) is 4.39 Å². The minimum absolute atomic E-state index is 0.193. The number of nitrogens with two attached hydrogens (primary N) is 1. The molecule has 0 aliphatic carbocycles. The Labute approximate surface area is 142 Å². The lowest BCUT2D eigenvalue weighted by Gasteiger charge is -2.13. The van der Waals surface area contributed by atoms with E-state index in [1.165, 1.54) is 33.9 Å². The molecule has 0 amide bonds. The van der Waals surface area contributed by atoms with Crippen molar-refractivity contribution in [3.8, 4) is 11.3 Å². The van der Waals surface area contributed by atoms with Gasteiger partial charge < -0.3 is 10.7 Å². The monoisotopic (exact) mass is 324 g/mol. The van der Waals surface area contributed by atoms with Gasteiger partial charge in [0.15, 0.2) is 0 Å². The quantitative estimate of drug-likeness (QED) is 0.624. The summed E-state index contributed by atoms with van der Waals surface area (Å²) in [7, 11) is 0. The summed E-state index contributed by atoms with van der Waals surface area (Å²) in [5.41, 5.74) is 13.4. The van der Waals surface area contributed by atoms with Gasteiger partial charge >= 0.3 is 0 Å². The molecule has 126 valence electrons. The van der Waals surface area contributed by atoms with Crippen LogP contribution in [-0.4, -0.2) is 11.5 Å². The fraction of sp³-hybridized carbons (Fsp3) is 0.333. The van der Waals surface area contributed by atoms with Crippen LogP contribution in [-0.2, 0) is 6.42 Å². The molecular weight excluding hydrogens is 299 g/mol. The van der Waals surface area contributed by atoms with Crippen molar-refractivity contribution in [3.63, 3.8) is 0 Å². The van der Waals surface area contributed by atoms with Gasteiger partial charge in [-0.2, -0.15) is 0 Å². The van der Waals surface area contributed by atoms with E-state index in [1.54, 1.807) is 6.07 Å². The van der Waals surface area contributed by atoms with Gasteiger partial charge in [-0.3, -0.25) is 0 Å². The maximum Gasteiger partial charge on any atom is 0.147 e. The highest BCUT2D eigenvalue weighted by atomic mass is 19.1. The standard InChI is InChI=1S/C21H25FN2/c1-13-11-14(2)19(15(3)12-13)21-17(7-4-5-10-23)16-8-6-9-18(22)20(16)24-21/h6,8-9,11-12,24H,4-5,7,10,23H2,1-3H3. The zero-order chi connectivity index (χ0) is 17.3. The molecule has 24 heavy (non-hydrogen) atoms. The number of halogens is 1. The molecule has 3 N–H and O–H groups in total. The van der Waals surface area contributed by atoms with E-state index in [0.29, 0.717) is 12.1 Å². The fourth-order valence-corrected chi connectivity index (χ4v) is 3.73. The normalized spacial score (nSPS) is 11.4. The van der Waals surface area contributed by atoms with Gasteiger partial charge in [-0.15, -0.1) is 0 Å². The van der Waals surface area contributed by atoms with Crippen LogP contribution in [0, 0.1) is 26.6 Å². The molecule has 0 saturated carbocycles. The number of aryl methyl sites for hydroxylation is 4. The third kappa shape index (κ3) is 2.96. The van der Waals surface area contributed by atoms with Crippen LogP contribution in [0.3, 0.4) is 0 Å². The first-order valence-corrected chi connectivity index (χ1v) is 8.60. The summed E-state index contributed by atoms with van der Waals surface area (Å²) in [6.45, 7) is 7.05. The topological polar surface area (TPSA) is 41.8 Å². The molecule has 0 aliphatic heterocycles. The number of rotatable bonds is 5. The van der Waals surface area contributed by atoms with Gasteiger partial charge in [0.05, 0.1) is 11.2 Å². The predicted octanol–water partition coefficient (Wildman–Crippen LogP) is 5.18. The minimum atomic E-state index is -0.193. The van der Waals surface area contributed by atoms with Crippen LogP contribution in [0.4, 0.5) is 4.39 Å². The number of para-hydroxylation sites is 1. The second-order valence-electron chi connectivity index (χ2n) is 6.66. The first-order valence-electron chi connectivity index (χ1n) is 8.60. The number of aromatic nitrogens is 1. The van der Waals surface area contributed by atoms with Gasteiger partial charge in [0, 0.05) is 10.9 Å². The third-order valence-corrected chi connectivity index (χ3v) is 4.70. The largest absolute Gasteiger partial charge is 0.352 e. The van der Waals surface area contributed by atoms with E-state index < -0.39 is 0 Å². The molecule has 1 heterocycles. The van der Waals surface area contributed by atoms with Crippen molar-refractivity contribution in [2.45, 2.75) is 40.0 Å². The number of benzene rings is 2. The molecule has 0 atom stereocenters. The summed E-state index contributed by atoms with van der Waals surface area (Å²) in [5, 5.41) is 0.987. The van der Waals surface area contributed by atoms with Gasteiger partial charge in [0.25, 0.3) is 0 Å². The Hall–Kier alpha value is -2.13. The molecule has 1 aromatic heterocycles. The Morgan fingerprint density at radius 3 is 2.42 bits per heavy atom. The summed E-state index contributed by atoms with van der Waals surface area (Å²) in [6, 6.07) is 9.69. The second-order valence-corrected chi connectivity index (χ2v) is 6.66.